The highest BCUT2D eigenvalue weighted by Crippen LogP contribution is 2.29. The summed E-state index contributed by atoms with van der Waals surface area (Å²) in [6.45, 7) is 5.90. The lowest BCUT2D eigenvalue weighted by atomic mass is 10.0. The third-order valence-corrected chi connectivity index (χ3v) is 5.27. The first-order valence-electron chi connectivity index (χ1n) is 9.75. The van der Waals surface area contributed by atoms with E-state index in [0.717, 1.165) is 16.7 Å². The lowest BCUT2D eigenvalue weighted by Crippen LogP contribution is -2.15. The second kappa shape index (κ2) is 7.52. The molecular formula is C25H23N3O2. The zero-order chi connectivity index (χ0) is 21.4. The summed E-state index contributed by atoms with van der Waals surface area (Å²) >= 11 is 0. The maximum atomic E-state index is 13.2. The lowest BCUT2D eigenvalue weighted by Gasteiger charge is -2.09. The van der Waals surface area contributed by atoms with E-state index in [4.69, 9.17) is 5.73 Å². The van der Waals surface area contributed by atoms with Crippen molar-refractivity contribution in [3.8, 4) is 0 Å². The van der Waals surface area contributed by atoms with Crippen molar-refractivity contribution in [1.82, 2.24) is 4.40 Å². The molecule has 5 heteroatoms. The molecule has 2 aromatic carbocycles. The van der Waals surface area contributed by atoms with E-state index in [0.29, 0.717) is 28.0 Å². The van der Waals surface area contributed by atoms with Crippen molar-refractivity contribution in [3.05, 3.63) is 100 Å². The number of nitrogen functional groups attached to an aromatic ring is 1. The highest BCUT2D eigenvalue weighted by Gasteiger charge is 2.26. The highest BCUT2D eigenvalue weighted by atomic mass is 16.2. The quantitative estimate of drug-likeness (QED) is 0.479. The molecule has 0 unspecified atom stereocenters. The number of pyridine rings is 1. The number of aryl methyl sites for hydroxylation is 3. The van der Waals surface area contributed by atoms with Gasteiger partial charge in [-0.15, -0.1) is 0 Å². The first-order chi connectivity index (χ1) is 14.4. The second-order valence-corrected chi connectivity index (χ2v) is 7.56. The Balaban J connectivity index is 1.81. The van der Waals surface area contributed by atoms with Gasteiger partial charge in [0.15, 0.2) is 0 Å². The number of anilines is 2. The van der Waals surface area contributed by atoms with E-state index in [9.17, 15) is 9.59 Å². The maximum Gasteiger partial charge on any atom is 0.259 e. The van der Waals surface area contributed by atoms with Gasteiger partial charge in [0.1, 0.15) is 5.69 Å². The number of ketones is 1. The molecule has 5 nitrogen and oxygen atoms in total. The van der Waals surface area contributed by atoms with Crippen LogP contribution in [0.2, 0.25) is 0 Å². The molecule has 3 N–H and O–H groups in total. The van der Waals surface area contributed by atoms with Gasteiger partial charge in [0.05, 0.1) is 16.8 Å². The van der Waals surface area contributed by atoms with Crippen molar-refractivity contribution < 1.29 is 9.59 Å². The number of aromatic nitrogens is 1. The van der Waals surface area contributed by atoms with Crippen molar-refractivity contribution in [3.63, 3.8) is 0 Å². The summed E-state index contributed by atoms with van der Waals surface area (Å²) in [6, 6.07) is 18.5. The predicted molar refractivity (Wildman–Crippen MR) is 120 cm³/mol. The van der Waals surface area contributed by atoms with Crippen LogP contribution in [0.5, 0.6) is 0 Å². The Bertz CT molecular complexity index is 1280. The van der Waals surface area contributed by atoms with E-state index in [1.807, 2.05) is 63.2 Å². The van der Waals surface area contributed by atoms with Crippen LogP contribution in [0.3, 0.4) is 0 Å². The van der Waals surface area contributed by atoms with E-state index in [1.54, 1.807) is 28.8 Å². The number of amides is 1. The molecule has 0 aliphatic heterocycles. The minimum Gasteiger partial charge on any atom is -0.396 e. The first-order valence-corrected chi connectivity index (χ1v) is 9.75. The summed E-state index contributed by atoms with van der Waals surface area (Å²) in [5, 5.41) is 2.94. The van der Waals surface area contributed by atoms with Crippen molar-refractivity contribution in [1.29, 1.82) is 0 Å². The van der Waals surface area contributed by atoms with Gasteiger partial charge in [-0.1, -0.05) is 53.6 Å². The fourth-order valence-electron chi connectivity index (χ4n) is 3.68. The monoisotopic (exact) mass is 397 g/mol. The smallest absolute Gasteiger partial charge is 0.259 e. The molecule has 0 fully saturated rings. The van der Waals surface area contributed by atoms with Crippen LogP contribution in [0.1, 0.15) is 43.1 Å². The highest BCUT2D eigenvalue weighted by molar-refractivity contribution is 6.20. The van der Waals surface area contributed by atoms with Gasteiger partial charge in [-0.2, -0.15) is 0 Å². The lowest BCUT2D eigenvalue weighted by molar-refractivity contribution is 0.102. The Labute approximate surface area is 175 Å². The topological polar surface area (TPSA) is 76.6 Å². The summed E-state index contributed by atoms with van der Waals surface area (Å²) in [7, 11) is 0. The normalized spacial score (nSPS) is 10.9. The van der Waals surface area contributed by atoms with E-state index in [1.165, 1.54) is 0 Å². The molecule has 0 saturated heterocycles. The minimum absolute atomic E-state index is 0.175. The number of nitrogens with zero attached hydrogens (tertiary/aromatic N) is 1. The molecule has 0 saturated carbocycles. The van der Waals surface area contributed by atoms with Gasteiger partial charge in [-0.05, 0) is 44.5 Å². The van der Waals surface area contributed by atoms with Crippen molar-refractivity contribution in [2.45, 2.75) is 20.8 Å². The van der Waals surface area contributed by atoms with Crippen LogP contribution >= 0.6 is 0 Å². The number of rotatable bonds is 4. The molecule has 4 aromatic rings. The summed E-state index contributed by atoms with van der Waals surface area (Å²) in [5.41, 5.74) is 12.1. The van der Waals surface area contributed by atoms with Crippen LogP contribution in [-0.2, 0) is 0 Å². The average molecular weight is 397 g/mol. The second-order valence-electron chi connectivity index (χ2n) is 7.56. The molecule has 0 atom stereocenters. The van der Waals surface area contributed by atoms with E-state index >= 15 is 0 Å². The molecule has 4 rings (SSSR count). The summed E-state index contributed by atoms with van der Waals surface area (Å²) in [5.74, 6) is -0.564. The van der Waals surface area contributed by atoms with Gasteiger partial charge < -0.3 is 15.5 Å². The number of hydrogen-bond acceptors (Lipinski definition) is 3. The zero-order valence-electron chi connectivity index (χ0n) is 17.2. The van der Waals surface area contributed by atoms with Crippen molar-refractivity contribution in [2.75, 3.05) is 11.1 Å². The zero-order valence-corrected chi connectivity index (χ0v) is 17.2. The number of carbonyl (C=O) groups is 2. The Morgan fingerprint density at radius 2 is 1.60 bits per heavy atom. The molecule has 2 heterocycles. The largest absolute Gasteiger partial charge is 0.396 e. The van der Waals surface area contributed by atoms with E-state index in [-0.39, 0.29) is 17.4 Å². The third kappa shape index (κ3) is 3.35. The van der Waals surface area contributed by atoms with Crippen molar-refractivity contribution >= 4 is 28.6 Å². The van der Waals surface area contributed by atoms with Gasteiger partial charge >= 0.3 is 0 Å². The van der Waals surface area contributed by atoms with Gasteiger partial charge in [0.25, 0.3) is 5.91 Å². The maximum absolute atomic E-state index is 13.2. The first kappa shape index (κ1) is 19.5. The van der Waals surface area contributed by atoms with Gasteiger partial charge in [-0.3, -0.25) is 9.59 Å². The fraction of sp³-hybridized carbons (Fsp3) is 0.120. The average Bonchev–Trinajstić information content (AvgIpc) is 3.02. The summed E-state index contributed by atoms with van der Waals surface area (Å²) < 4.78 is 1.69. The Hall–Kier alpha value is -3.86. The van der Waals surface area contributed by atoms with E-state index in [2.05, 4.69) is 5.32 Å². The molecule has 2 aromatic heterocycles. The van der Waals surface area contributed by atoms with Crippen LogP contribution in [0.25, 0.3) is 5.52 Å². The standard InChI is InChI=1S/C25H23N3O2/c1-15-7-10-18(11-8-15)24(29)23-22(26)21(20-6-4-5-13-28(20)23)25(30)27-19-12-9-16(2)14-17(19)3/h4-14H,26H2,1-3H3,(H,27,30). The van der Waals surface area contributed by atoms with Gasteiger partial charge in [0.2, 0.25) is 5.78 Å². The molecule has 1 amide bonds. The van der Waals surface area contributed by atoms with Crippen molar-refractivity contribution in [2.24, 2.45) is 0 Å². The number of hydrogen-bond donors (Lipinski definition) is 2. The number of benzene rings is 2. The molecule has 150 valence electrons. The molecule has 0 aliphatic carbocycles. The summed E-state index contributed by atoms with van der Waals surface area (Å²) in [4.78, 5) is 26.4. The Kier molecular flexibility index (Phi) is 4.88. The van der Waals surface area contributed by atoms with Crippen LogP contribution in [0.15, 0.2) is 66.9 Å². The Morgan fingerprint density at radius 3 is 2.30 bits per heavy atom. The molecular weight excluding hydrogens is 374 g/mol. The number of nitrogens with two attached hydrogens (primary N) is 1. The Morgan fingerprint density at radius 1 is 0.900 bits per heavy atom. The molecule has 0 bridgehead atoms. The summed E-state index contributed by atoms with van der Waals surface area (Å²) in [6.07, 6.45) is 1.75. The molecule has 0 radical (unpaired) electrons. The predicted octanol–water partition coefficient (Wildman–Crippen LogP) is 4.93. The third-order valence-electron chi connectivity index (χ3n) is 5.27. The van der Waals surface area contributed by atoms with Crippen LogP contribution in [0.4, 0.5) is 11.4 Å². The molecule has 0 spiro atoms. The number of fused-ring (bicyclic) bond motifs is 1. The van der Waals surface area contributed by atoms with Crippen LogP contribution < -0.4 is 11.1 Å². The van der Waals surface area contributed by atoms with Crippen LogP contribution in [-0.4, -0.2) is 16.1 Å². The van der Waals surface area contributed by atoms with Crippen LogP contribution in [0, 0.1) is 20.8 Å². The molecule has 0 aliphatic rings. The van der Waals surface area contributed by atoms with Gasteiger partial charge in [-0.25, -0.2) is 0 Å². The minimum atomic E-state index is -0.342. The fourth-order valence-corrected chi connectivity index (χ4v) is 3.68. The molecule has 30 heavy (non-hydrogen) atoms. The van der Waals surface area contributed by atoms with Gasteiger partial charge in [0, 0.05) is 17.4 Å². The SMILES string of the molecule is Cc1ccc(C(=O)c2c(N)c(C(=O)Nc3ccc(C)cc3C)c3ccccn23)cc1. The van der Waals surface area contributed by atoms with E-state index < -0.39 is 0 Å². The number of nitrogens with one attached hydrogen (secondary N) is 1. The number of carbonyl (C=O) groups excluding carboxylic acids is 2.